The van der Waals surface area contributed by atoms with E-state index in [0.29, 0.717) is 43.5 Å². The minimum absolute atomic E-state index is 0.200. The smallest absolute Gasteiger partial charge is 0.312 e. The van der Waals surface area contributed by atoms with Crippen LogP contribution in [0.5, 0.6) is 5.75 Å². The normalized spacial score (nSPS) is 29.6. The first-order chi connectivity index (χ1) is 18.7. The number of benzene rings is 1. The molecule has 39 heavy (non-hydrogen) atoms. The number of esters is 1. The predicted molar refractivity (Wildman–Crippen MR) is 146 cm³/mol. The van der Waals surface area contributed by atoms with Gasteiger partial charge in [-0.1, -0.05) is 19.1 Å². The molecule has 0 saturated carbocycles. The van der Waals surface area contributed by atoms with Crippen molar-refractivity contribution in [2.45, 2.75) is 69.2 Å². The fourth-order valence-electron chi connectivity index (χ4n) is 6.71. The van der Waals surface area contributed by atoms with Crippen LogP contribution in [0, 0.1) is 11.8 Å². The second-order valence-corrected chi connectivity index (χ2v) is 10.6. The van der Waals surface area contributed by atoms with E-state index < -0.39 is 41.1 Å². The third kappa shape index (κ3) is 4.65. The van der Waals surface area contributed by atoms with Gasteiger partial charge in [0, 0.05) is 12.2 Å². The summed E-state index contributed by atoms with van der Waals surface area (Å²) >= 11 is 0. The molecule has 2 amide bonds. The molecule has 4 rings (SSSR count). The Kier molecular flexibility index (Phi) is 8.51. The summed E-state index contributed by atoms with van der Waals surface area (Å²) in [5.41, 5.74) is -1.48. The standard InChI is InChI=1S/C30H40N2O7/c1-6-9-10-18-38-28(36)24-23-26(34)32(20(4)19-33)25(30(23)16-15-29(24,8-3)39-30)27(35)31(17-7-2)21-11-13-22(37-5)14-12-21/h6-7,11-14,20,23-25,33H,1-2,8-10,15-19H2,3-5H3/t20-,23+,24-,25?,29+,30?/m1/s1. The van der Waals surface area contributed by atoms with Crippen molar-refractivity contribution < 1.29 is 33.7 Å². The van der Waals surface area contributed by atoms with Crippen LogP contribution in [0.15, 0.2) is 49.6 Å². The molecule has 9 nitrogen and oxygen atoms in total. The Hall–Kier alpha value is -3.17. The minimum atomic E-state index is -1.20. The van der Waals surface area contributed by atoms with Crippen LogP contribution in [0.2, 0.25) is 0 Å². The molecule has 1 N–H and O–H groups in total. The van der Waals surface area contributed by atoms with E-state index in [0.717, 1.165) is 0 Å². The van der Waals surface area contributed by atoms with Gasteiger partial charge in [0.2, 0.25) is 5.91 Å². The number of amides is 2. The summed E-state index contributed by atoms with van der Waals surface area (Å²) in [6.07, 6.45) is 6.23. The van der Waals surface area contributed by atoms with Gasteiger partial charge in [-0.05, 0) is 63.3 Å². The molecule has 3 heterocycles. The zero-order chi connectivity index (χ0) is 28.4. The Morgan fingerprint density at radius 1 is 1.26 bits per heavy atom. The molecule has 2 unspecified atom stereocenters. The van der Waals surface area contributed by atoms with Crippen LogP contribution in [0.1, 0.15) is 46.0 Å². The van der Waals surface area contributed by atoms with Gasteiger partial charge >= 0.3 is 5.97 Å². The molecule has 1 aromatic rings. The van der Waals surface area contributed by atoms with E-state index >= 15 is 0 Å². The first-order valence-corrected chi connectivity index (χ1v) is 13.7. The summed E-state index contributed by atoms with van der Waals surface area (Å²) in [6.45, 7) is 11.3. The molecule has 0 aromatic heterocycles. The van der Waals surface area contributed by atoms with Gasteiger partial charge in [-0.25, -0.2) is 0 Å². The van der Waals surface area contributed by atoms with E-state index in [-0.39, 0.29) is 31.6 Å². The lowest BCUT2D eigenvalue weighted by Gasteiger charge is -2.38. The van der Waals surface area contributed by atoms with E-state index in [4.69, 9.17) is 14.2 Å². The van der Waals surface area contributed by atoms with E-state index in [1.54, 1.807) is 55.4 Å². The van der Waals surface area contributed by atoms with E-state index in [9.17, 15) is 19.5 Å². The lowest BCUT2D eigenvalue weighted by Crippen LogP contribution is -2.58. The number of methoxy groups -OCH3 is 1. The number of nitrogens with zero attached hydrogens (tertiary/aromatic N) is 2. The highest BCUT2D eigenvalue weighted by atomic mass is 16.6. The van der Waals surface area contributed by atoms with Gasteiger partial charge in [-0.3, -0.25) is 14.4 Å². The number of fused-ring (bicyclic) bond motifs is 1. The molecule has 3 aliphatic heterocycles. The van der Waals surface area contributed by atoms with Crippen LogP contribution < -0.4 is 9.64 Å². The van der Waals surface area contributed by atoms with Gasteiger partial charge in [0.05, 0.1) is 37.9 Å². The molecular formula is C30H40N2O7. The lowest BCUT2D eigenvalue weighted by molar-refractivity contribution is -0.162. The number of aliphatic hydroxyl groups is 1. The fraction of sp³-hybridized carbons (Fsp3) is 0.567. The third-order valence-corrected chi connectivity index (χ3v) is 8.60. The number of ether oxygens (including phenoxy) is 3. The maximum atomic E-state index is 14.5. The highest BCUT2D eigenvalue weighted by Gasteiger charge is 2.79. The molecule has 3 saturated heterocycles. The first kappa shape index (κ1) is 28.8. The summed E-state index contributed by atoms with van der Waals surface area (Å²) in [6, 6.07) is 5.39. The number of allylic oxidation sites excluding steroid dienone is 1. The molecule has 1 spiro atoms. The van der Waals surface area contributed by atoms with Gasteiger partial charge in [-0.15, -0.1) is 13.2 Å². The SMILES string of the molecule is C=CCCCOC(=O)[C@H]1[C@H]2C(=O)N([C@H](C)CO)C(C(=O)N(CC=C)c3ccc(OC)cc3)C23CC[C@]1(CC)O3. The minimum Gasteiger partial charge on any atom is -0.497 e. The van der Waals surface area contributed by atoms with E-state index in [1.165, 1.54) is 4.90 Å². The van der Waals surface area contributed by atoms with Crippen molar-refractivity contribution in [2.24, 2.45) is 11.8 Å². The summed E-state index contributed by atoms with van der Waals surface area (Å²) in [7, 11) is 1.57. The van der Waals surface area contributed by atoms with Gasteiger partial charge < -0.3 is 29.1 Å². The zero-order valence-corrected chi connectivity index (χ0v) is 23.1. The lowest BCUT2D eigenvalue weighted by atomic mass is 9.65. The molecule has 212 valence electrons. The quantitative estimate of drug-likeness (QED) is 0.233. The van der Waals surface area contributed by atoms with Crippen LogP contribution in [-0.2, 0) is 23.9 Å². The monoisotopic (exact) mass is 540 g/mol. The number of anilines is 1. The number of carbonyl (C=O) groups is 3. The van der Waals surface area contributed by atoms with E-state index in [2.05, 4.69) is 13.2 Å². The van der Waals surface area contributed by atoms with Crippen molar-refractivity contribution in [1.82, 2.24) is 4.90 Å². The topological polar surface area (TPSA) is 106 Å². The van der Waals surface area contributed by atoms with Crippen molar-refractivity contribution in [3.8, 4) is 5.75 Å². The number of likely N-dealkylation sites (tertiary alicyclic amines) is 1. The highest BCUT2D eigenvalue weighted by molar-refractivity contribution is 6.05. The first-order valence-electron chi connectivity index (χ1n) is 13.7. The molecule has 3 aliphatic rings. The van der Waals surface area contributed by atoms with Gasteiger partial charge in [0.15, 0.2) is 0 Å². The molecular weight excluding hydrogens is 500 g/mol. The molecule has 0 radical (unpaired) electrons. The van der Waals surface area contributed by atoms with Crippen LogP contribution >= 0.6 is 0 Å². The van der Waals surface area contributed by atoms with Crippen molar-refractivity contribution in [2.75, 3.05) is 31.8 Å². The van der Waals surface area contributed by atoms with E-state index in [1.807, 2.05) is 6.92 Å². The van der Waals surface area contributed by atoms with Crippen LogP contribution in [0.25, 0.3) is 0 Å². The maximum absolute atomic E-state index is 14.5. The molecule has 2 bridgehead atoms. The average Bonchev–Trinajstić information content (AvgIpc) is 3.57. The average molecular weight is 541 g/mol. The Morgan fingerprint density at radius 3 is 2.56 bits per heavy atom. The predicted octanol–water partition coefficient (Wildman–Crippen LogP) is 3.26. The number of aliphatic hydroxyl groups excluding tert-OH is 1. The number of hydrogen-bond donors (Lipinski definition) is 1. The molecule has 0 aliphatic carbocycles. The van der Waals surface area contributed by atoms with Crippen molar-refractivity contribution in [3.05, 3.63) is 49.6 Å². The second kappa shape index (κ2) is 11.5. The summed E-state index contributed by atoms with van der Waals surface area (Å²) < 4.78 is 17.7. The highest BCUT2D eigenvalue weighted by Crippen LogP contribution is 2.64. The summed E-state index contributed by atoms with van der Waals surface area (Å²) in [5.74, 6) is -2.22. The molecule has 3 fully saturated rings. The zero-order valence-electron chi connectivity index (χ0n) is 23.1. The molecule has 1 aromatic carbocycles. The Bertz CT molecular complexity index is 1110. The fourth-order valence-corrected chi connectivity index (χ4v) is 6.71. The van der Waals surface area contributed by atoms with Gasteiger partial charge in [0.25, 0.3) is 5.91 Å². The summed E-state index contributed by atoms with van der Waals surface area (Å²) in [4.78, 5) is 45.1. The summed E-state index contributed by atoms with van der Waals surface area (Å²) in [5, 5.41) is 10.1. The number of hydrogen-bond acceptors (Lipinski definition) is 7. The van der Waals surface area contributed by atoms with Crippen LogP contribution in [-0.4, -0.2) is 77.9 Å². The van der Waals surface area contributed by atoms with Gasteiger partial charge in [-0.2, -0.15) is 0 Å². The van der Waals surface area contributed by atoms with Crippen molar-refractivity contribution in [1.29, 1.82) is 0 Å². The number of rotatable bonds is 13. The Labute approximate surface area is 230 Å². The van der Waals surface area contributed by atoms with Gasteiger partial charge in [0.1, 0.15) is 23.3 Å². The van der Waals surface area contributed by atoms with Crippen molar-refractivity contribution in [3.63, 3.8) is 0 Å². The number of carbonyl (C=O) groups excluding carboxylic acids is 3. The molecule has 9 heteroatoms. The largest absolute Gasteiger partial charge is 0.497 e. The van der Waals surface area contributed by atoms with Crippen molar-refractivity contribution >= 4 is 23.5 Å². The maximum Gasteiger partial charge on any atom is 0.312 e. The van der Waals surface area contributed by atoms with Crippen LogP contribution in [0.4, 0.5) is 5.69 Å². The van der Waals surface area contributed by atoms with Crippen LogP contribution in [0.3, 0.4) is 0 Å². The Morgan fingerprint density at radius 2 is 1.97 bits per heavy atom. The number of unbranched alkanes of at least 4 members (excludes halogenated alkanes) is 1. The second-order valence-electron chi connectivity index (χ2n) is 10.6. The third-order valence-electron chi connectivity index (χ3n) is 8.60. The molecule has 6 atom stereocenters. The Balaban J connectivity index is 1.76.